The maximum atomic E-state index is 12.0. The number of carbonyl (C=O) groups excluding carboxylic acids is 1. The Bertz CT molecular complexity index is 983. The van der Waals surface area contributed by atoms with Gasteiger partial charge >= 0.3 is 6.01 Å². The third kappa shape index (κ3) is 7.32. The highest BCUT2D eigenvalue weighted by Gasteiger charge is 2.43. The van der Waals surface area contributed by atoms with E-state index >= 15 is 0 Å². The number of anilines is 3. The summed E-state index contributed by atoms with van der Waals surface area (Å²) >= 11 is 0. The van der Waals surface area contributed by atoms with Crippen LogP contribution in [0.4, 0.5) is 17.3 Å². The maximum Gasteiger partial charge on any atom is 0.320 e. The quantitative estimate of drug-likeness (QED) is 0.345. The molecule has 204 valence electrons. The van der Waals surface area contributed by atoms with Gasteiger partial charge in [0, 0.05) is 26.7 Å². The molecular weight excluding hydrogens is 466 g/mol. The van der Waals surface area contributed by atoms with Crippen molar-refractivity contribution in [1.82, 2.24) is 19.8 Å². The van der Waals surface area contributed by atoms with Crippen molar-refractivity contribution in [3.05, 3.63) is 35.4 Å². The van der Waals surface area contributed by atoms with E-state index < -0.39 is 0 Å². The molecule has 1 amide bonds. The number of hydrogen-bond acceptors (Lipinski definition) is 8. The van der Waals surface area contributed by atoms with E-state index in [-0.39, 0.29) is 11.8 Å². The summed E-state index contributed by atoms with van der Waals surface area (Å²) in [5.41, 5.74) is 9.49. The van der Waals surface area contributed by atoms with Gasteiger partial charge < -0.3 is 20.7 Å². The number of rotatable bonds is 11. The fourth-order valence-corrected chi connectivity index (χ4v) is 5.06. The molecular formula is C28H45N7O2. The second kappa shape index (κ2) is 13.6. The number of nitrogens with zero attached hydrogens (tertiary/aromatic N) is 5. The van der Waals surface area contributed by atoms with Crippen LogP contribution in [0.3, 0.4) is 0 Å². The molecule has 2 fully saturated rings. The zero-order chi connectivity index (χ0) is 26.8. The molecule has 0 bridgehead atoms. The van der Waals surface area contributed by atoms with Crippen LogP contribution in [0.5, 0.6) is 6.01 Å². The van der Waals surface area contributed by atoms with Gasteiger partial charge in [-0.2, -0.15) is 9.97 Å². The fourth-order valence-electron chi connectivity index (χ4n) is 5.06. The summed E-state index contributed by atoms with van der Waals surface area (Å²) in [7, 11) is 3.95. The van der Waals surface area contributed by atoms with Gasteiger partial charge in [-0.1, -0.05) is 51.5 Å². The first-order valence-electron chi connectivity index (χ1n) is 13.6. The van der Waals surface area contributed by atoms with Crippen molar-refractivity contribution in [3.8, 4) is 6.01 Å². The van der Waals surface area contributed by atoms with E-state index in [1.807, 2.05) is 13.8 Å². The van der Waals surface area contributed by atoms with Crippen LogP contribution in [0.2, 0.25) is 0 Å². The van der Waals surface area contributed by atoms with Gasteiger partial charge in [0.05, 0.1) is 13.2 Å². The number of likely N-dealkylation sites (tertiary alicyclic amines) is 2. The highest BCUT2D eigenvalue weighted by molar-refractivity contribution is 5.85. The predicted octanol–water partition coefficient (Wildman–Crippen LogP) is 4.00. The van der Waals surface area contributed by atoms with E-state index in [0.29, 0.717) is 30.1 Å². The molecule has 37 heavy (non-hydrogen) atoms. The lowest BCUT2D eigenvalue weighted by molar-refractivity contribution is -0.107. The molecule has 2 saturated heterocycles. The lowest BCUT2D eigenvalue weighted by atomic mass is 9.72. The summed E-state index contributed by atoms with van der Waals surface area (Å²) in [6.45, 7) is 12.8. The van der Waals surface area contributed by atoms with Gasteiger partial charge in [0.25, 0.3) is 0 Å². The number of benzene rings is 1. The van der Waals surface area contributed by atoms with E-state index in [1.54, 1.807) is 7.05 Å². The minimum Gasteiger partial charge on any atom is -0.463 e. The number of ether oxygens (including phenoxy) is 1. The fraction of sp³-hybridized carbons (Fsp3) is 0.607. The van der Waals surface area contributed by atoms with Crippen molar-refractivity contribution in [2.45, 2.75) is 59.5 Å². The molecule has 3 N–H and O–H groups in total. The van der Waals surface area contributed by atoms with Gasteiger partial charge in [0.2, 0.25) is 6.41 Å². The van der Waals surface area contributed by atoms with Gasteiger partial charge in [0.15, 0.2) is 11.6 Å². The number of unbranched alkanes of at least 4 members (excludes halogenated alkanes) is 1. The molecule has 3 heterocycles. The van der Waals surface area contributed by atoms with Gasteiger partial charge in [-0.3, -0.25) is 14.6 Å². The van der Waals surface area contributed by atoms with Crippen molar-refractivity contribution in [1.29, 1.82) is 0 Å². The summed E-state index contributed by atoms with van der Waals surface area (Å²) < 4.78 is 5.65. The summed E-state index contributed by atoms with van der Waals surface area (Å²) in [6.07, 6.45) is 5.30. The van der Waals surface area contributed by atoms with E-state index in [9.17, 15) is 4.79 Å². The molecule has 2 aromatic rings. The molecule has 0 atom stereocenters. The smallest absolute Gasteiger partial charge is 0.320 e. The molecule has 2 aliphatic heterocycles. The van der Waals surface area contributed by atoms with Crippen molar-refractivity contribution in [2.75, 3.05) is 62.8 Å². The lowest BCUT2D eigenvalue weighted by Crippen LogP contribution is -2.59. The third-order valence-corrected chi connectivity index (χ3v) is 7.22. The minimum absolute atomic E-state index is 0.184. The SMILES string of the molecule is CC.CCCCOc1nc(N)c(NC)c(N(C=O)Cc2ccc(CN3CC4(CCN(C)CC4)C3)cc2)n1. The first kappa shape index (κ1) is 28.7. The summed E-state index contributed by atoms with van der Waals surface area (Å²) in [5, 5.41) is 3.02. The molecule has 1 spiro atoms. The molecule has 0 radical (unpaired) electrons. The van der Waals surface area contributed by atoms with E-state index in [0.717, 1.165) is 31.4 Å². The Hall–Kier alpha value is -2.91. The second-order valence-electron chi connectivity index (χ2n) is 10.0. The van der Waals surface area contributed by atoms with Crippen LogP contribution in [0.1, 0.15) is 57.6 Å². The third-order valence-electron chi connectivity index (χ3n) is 7.22. The zero-order valence-electron chi connectivity index (χ0n) is 23.3. The number of nitrogens with two attached hydrogens (primary N) is 1. The number of carbonyl (C=O) groups is 1. The molecule has 0 unspecified atom stereocenters. The van der Waals surface area contributed by atoms with E-state index in [2.05, 4.69) is 63.3 Å². The van der Waals surface area contributed by atoms with Crippen LogP contribution in [-0.2, 0) is 17.9 Å². The molecule has 1 aromatic heterocycles. The number of amides is 1. The zero-order valence-corrected chi connectivity index (χ0v) is 23.3. The monoisotopic (exact) mass is 511 g/mol. The highest BCUT2D eigenvalue weighted by Crippen LogP contribution is 2.40. The highest BCUT2D eigenvalue weighted by atomic mass is 16.5. The molecule has 2 aliphatic rings. The standard InChI is InChI=1S/C26H39N7O2.C2H6/c1-4-5-14-35-25-29-23(27)22(28-2)24(30-25)33(19-34)16-21-8-6-20(7-9-21)15-32-17-26(18-32)10-12-31(3)13-11-26;1-2/h6-9,19,28H,4-5,10-18H2,1-3H3,(H2,27,29,30);1-2H3. The number of piperidine rings is 1. The number of nitrogens with one attached hydrogen (secondary N) is 1. The Morgan fingerprint density at radius 2 is 1.78 bits per heavy atom. The van der Waals surface area contributed by atoms with Crippen LogP contribution in [0, 0.1) is 5.41 Å². The van der Waals surface area contributed by atoms with Crippen LogP contribution in [0.15, 0.2) is 24.3 Å². The summed E-state index contributed by atoms with van der Waals surface area (Å²) in [6, 6.07) is 8.66. The Morgan fingerprint density at radius 1 is 1.14 bits per heavy atom. The molecule has 9 heteroatoms. The Kier molecular flexibility index (Phi) is 10.5. The Morgan fingerprint density at radius 3 is 2.38 bits per heavy atom. The van der Waals surface area contributed by atoms with E-state index in [1.165, 1.54) is 49.5 Å². The number of hydrogen-bond donors (Lipinski definition) is 2. The van der Waals surface area contributed by atoms with Crippen LogP contribution in [-0.4, -0.2) is 73.1 Å². The summed E-state index contributed by atoms with van der Waals surface area (Å²) in [4.78, 5) is 27.2. The number of nitrogen functional groups attached to an aromatic ring is 1. The Balaban J connectivity index is 0.00000186. The Labute approximate surface area is 222 Å². The molecule has 4 rings (SSSR count). The normalized spacial score (nSPS) is 16.9. The maximum absolute atomic E-state index is 12.0. The van der Waals surface area contributed by atoms with Crippen molar-refractivity contribution in [2.24, 2.45) is 5.41 Å². The molecule has 1 aromatic carbocycles. The first-order valence-corrected chi connectivity index (χ1v) is 13.6. The van der Waals surface area contributed by atoms with Crippen LogP contribution >= 0.6 is 0 Å². The van der Waals surface area contributed by atoms with Crippen molar-refractivity contribution >= 4 is 23.7 Å². The molecule has 9 nitrogen and oxygen atoms in total. The van der Waals surface area contributed by atoms with Gasteiger partial charge in [0.1, 0.15) is 5.69 Å². The first-order chi connectivity index (χ1) is 17.9. The predicted molar refractivity (Wildman–Crippen MR) is 151 cm³/mol. The topological polar surface area (TPSA) is 99.8 Å². The van der Waals surface area contributed by atoms with Crippen molar-refractivity contribution < 1.29 is 9.53 Å². The molecule has 0 aliphatic carbocycles. The minimum atomic E-state index is 0.184. The average molecular weight is 512 g/mol. The van der Waals surface area contributed by atoms with Crippen LogP contribution in [0.25, 0.3) is 0 Å². The van der Waals surface area contributed by atoms with Gasteiger partial charge in [-0.05, 0) is 55.9 Å². The van der Waals surface area contributed by atoms with Crippen molar-refractivity contribution in [3.63, 3.8) is 0 Å². The molecule has 0 saturated carbocycles. The van der Waals surface area contributed by atoms with Gasteiger partial charge in [-0.25, -0.2) is 0 Å². The average Bonchev–Trinajstić information content (AvgIpc) is 2.89. The largest absolute Gasteiger partial charge is 0.463 e. The summed E-state index contributed by atoms with van der Waals surface area (Å²) in [5.74, 6) is 0.665. The second-order valence-corrected chi connectivity index (χ2v) is 10.0. The number of aromatic nitrogens is 2. The van der Waals surface area contributed by atoms with Gasteiger partial charge in [-0.15, -0.1) is 0 Å². The lowest BCUT2D eigenvalue weighted by Gasteiger charge is -2.54. The van der Waals surface area contributed by atoms with E-state index in [4.69, 9.17) is 10.5 Å². The van der Waals surface area contributed by atoms with Crippen LogP contribution < -0.4 is 20.7 Å².